The van der Waals surface area contributed by atoms with Crippen LogP contribution in [0.3, 0.4) is 0 Å². The van der Waals surface area contributed by atoms with Crippen LogP contribution >= 0.6 is 0 Å². The van der Waals surface area contributed by atoms with Crippen LogP contribution in [0.1, 0.15) is 120 Å². The summed E-state index contributed by atoms with van der Waals surface area (Å²) in [5, 5.41) is 25.7. The van der Waals surface area contributed by atoms with Gasteiger partial charge in [-0.1, -0.05) is 63.6 Å². The van der Waals surface area contributed by atoms with Crippen LogP contribution in [0, 0.1) is 37.5 Å². The Hall–Kier alpha value is -5.90. The van der Waals surface area contributed by atoms with E-state index < -0.39 is 94.6 Å². The number of nitrogens with zero attached hydrogens (tertiary/aromatic N) is 1. The molecule has 15 nitrogen and oxygen atoms in total. The molecule has 5 aliphatic rings. The minimum Gasteiger partial charge on any atom is -0.462 e. The molecule has 5 bridgehead atoms. The van der Waals surface area contributed by atoms with Gasteiger partial charge in [-0.3, -0.25) is 24.0 Å². The van der Waals surface area contributed by atoms with Gasteiger partial charge in [0, 0.05) is 68.9 Å². The summed E-state index contributed by atoms with van der Waals surface area (Å²) in [4.78, 5) is 87.3. The molecule has 0 unspecified atom stereocenters. The second-order valence-corrected chi connectivity index (χ2v) is 17.8. The van der Waals surface area contributed by atoms with E-state index in [1.54, 1.807) is 69.0 Å². The Morgan fingerprint density at radius 1 is 0.846 bits per heavy atom. The van der Waals surface area contributed by atoms with Crippen LogP contribution in [0.5, 0.6) is 11.5 Å². The van der Waals surface area contributed by atoms with E-state index in [9.17, 15) is 29.4 Å². The standard InChI is InChI=1S/C50H60N2O13/c1-25-17-19-33(20-18-25)49(60)64-45-31(7)46-37-35-36(45)42(56)38(39(43(35)57)52-22-12-11-13-23-52)51-48(59)27(3)16-14-15-26(2)40(54)29(5)41(55)30(6)44(63-32(8)53)28(4)34(61-10)21-24-62-50(9,65-46)47(37)58/h14-21,24,26,28-30,34,40-41,44,54-55H,11-13,22-23H2,1-10H3,(H,51,59)/t26-,28+,29+,30-,34-,40-,41-,44+,50-/m0/s1. The minimum atomic E-state index is -2.13. The van der Waals surface area contributed by atoms with Gasteiger partial charge in [0.1, 0.15) is 29.0 Å². The highest BCUT2D eigenvalue weighted by Gasteiger charge is 2.53. The van der Waals surface area contributed by atoms with Crippen molar-refractivity contribution in [3.63, 3.8) is 0 Å². The smallest absolute Gasteiger partial charge is 0.343 e. The average molecular weight is 897 g/mol. The summed E-state index contributed by atoms with van der Waals surface area (Å²) in [6.45, 7) is 15.1. The molecule has 65 heavy (non-hydrogen) atoms. The zero-order valence-electron chi connectivity index (χ0n) is 38.7. The number of carbonyl (C=O) groups is 6. The molecule has 0 aromatic heterocycles. The fourth-order valence-electron chi connectivity index (χ4n) is 9.05. The van der Waals surface area contributed by atoms with Crippen LogP contribution in [0.25, 0.3) is 0 Å². The highest BCUT2D eigenvalue weighted by molar-refractivity contribution is 6.32. The minimum absolute atomic E-state index is 0.0505. The van der Waals surface area contributed by atoms with Crippen molar-refractivity contribution >= 4 is 35.2 Å². The SMILES string of the molecule is CO[C@H]1C=CO[C@@]2(C)Oc3c(C)c(OC(=O)c4ccc(C)cc4)c4c(c3C2=O)C(=O)C(N2CCCCC2)=C(NC(=O)C(C)=CC=C[C@H](C)[C@H](O)[C@@H](C)[C@H](O)[C@H](C)[C@H](OC(C)=O)[C@@H]1C)C4=O. The predicted octanol–water partition coefficient (Wildman–Crippen LogP) is 6.27. The van der Waals surface area contributed by atoms with Gasteiger partial charge >= 0.3 is 17.7 Å². The number of methoxy groups -OCH3 is 1. The molecule has 9 atom stereocenters. The van der Waals surface area contributed by atoms with Gasteiger partial charge < -0.3 is 44.1 Å². The molecule has 3 N–H and O–H groups in total. The fourth-order valence-corrected chi connectivity index (χ4v) is 9.05. The van der Waals surface area contributed by atoms with E-state index in [2.05, 4.69) is 5.32 Å². The number of nitrogens with one attached hydrogen (secondary N) is 1. The third kappa shape index (κ3) is 9.59. The van der Waals surface area contributed by atoms with Crippen LogP contribution in [0.4, 0.5) is 0 Å². The van der Waals surface area contributed by atoms with Crippen molar-refractivity contribution in [3.8, 4) is 11.5 Å². The second kappa shape index (κ2) is 19.7. The van der Waals surface area contributed by atoms with Crippen LogP contribution in [0.15, 0.2) is 71.8 Å². The zero-order chi connectivity index (χ0) is 47.7. The van der Waals surface area contributed by atoms with E-state index in [1.807, 2.05) is 6.92 Å². The molecule has 15 heteroatoms. The number of allylic oxidation sites excluding steroid dienone is 4. The Bertz CT molecular complexity index is 2370. The summed E-state index contributed by atoms with van der Waals surface area (Å²) in [5.41, 5.74) is -0.233. The molecule has 0 spiro atoms. The van der Waals surface area contributed by atoms with Crippen molar-refractivity contribution in [1.29, 1.82) is 0 Å². The average Bonchev–Trinajstić information content (AvgIpc) is 3.54. The number of aliphatic hydroxyl groups excluding tert-OH is 2. The number of ketones is 3. The van der Waals surface area contributed by atoms with Crippen LogP contribution in [0.2, 0.25) is 0 Å². The largest absolute Gasteiger partial charge is 0.462 e. The molecule has 4 aliphatic heterocycles. The number of benzene rings is 2. The molecule has 0 saturated carbocycles. The molecule has 1 aliphatic carbocycles. The number of hydrogen-bond donors (Lipinski definition) is 3. The maximum atomic E-state index is 15.2. The number of hydrogen-bond acceptors (Lipinski definition) is 14. The van der Waals surface area contributed by atoms with E-state index in [4.69, 9.17) is 23.7 Å². The lowest BCUT2D eigenvalue weighted by atomic mass is 9.78. The fraction of sp³-hybridized carbons (Fsp3) is 0.480. The third-order valence-electron chi connectivity index (χ3n) is 13.1. The van der Waals surface area contributed by atoms with Crippen LogP contribution in [-0.4, -0.2) is 101 Å². The number of Topliss-reactive ketones (excluding diaryl/α,β-unsaturated/α-hetero) is 3. The van der Waals surface area contributed by atoms with Gasteiger partial charge in [0.15, 0.2) is 0 Å². The molecule has 2 aromatic carbocycles. The molecule has 0 radical (unpaired) electrons. The highest BCUT2D eigenvalue weighted by atomic mass is 16.7. The summed E-state index contributed by atoms with van der Waals surface area (Å²) in [7, 11) is 1.43. The van der Waals surface area contributed by atoms with Gasteiger partial charge in [-0.25, -0.2) is 4.79 Å². The Morgan fingerprint density at radius 3 is 2.14 bits per heavy atom. The first-order chi connectivity index (χ1) is 30.7. The predicted molar refractivity (Wildman–Crippen MR) is 238 cm³/mol. The molecule has 1 fully saturated rings. The number of aliphatic hydroxyl groups is 2. The highest BCUT2D eigenvalue weighted by Crippen LogP contribution is 2.50. The van der Waals surface area contributed by atoms with Gasteiger partial charge in [0.25, 0.3) is 11.7 Å². The van der Waals surface area contributed by atoms with Gasteiger partial charge in [-0.15, -0.1) is 0 Å². The quantitative estimate of drug-likeness (QED) is 0.224. The van der Waals surface area contributed by atoms with E-state index in [0.717, 1.165) is 12.0 Å². The maximum Gasteiger partial charge on any atom is 0.343 e. The number of amides is 1. The monoisotopic (exact) mass is 896 g/mol. The summed E-state index contributed by atoms with van der Waals surface area (Å²) in [6, 6.07) is 6.54. The first kappa shape index (κ1) is 48.6. The third-order valence-corrected chi connectivity index (χ3v) is 13.1. The number of piperidine rings is 1. The molecule has 348 valence electrons. The lowest BCUT2D eigenvalue weighted by Crippen LogP contribution is -2.46. The Balaban J connectivity index is 1.55. The summed E-state index contributed by atoms with van der Waals surface area (Å²) in [6.07, 6.45) is 5.67. The number of aryl methyl sites for hydroxylation is 1. The number of ether oxygens (including phenoxy) is 5. The van der Waals surface area contributed by atoms with Crippen molar-refractivity contribution in [1.82, 2.24) is 10.2 Å². The Morgan fingerprint density at radius 2 is 1.51 bits per heavy atom. The van der Waals surface area contributed by atoms with E-state index in [-0.39, 0.29) is 50.7 Å². The van der Waals surface area contributed by atoms with Gasteiger partial charge in [-0.2, -0.15) is 0 Å². The Kier molecular flexibility index (Phi) is 14.7. The first-order valence-corrected chi connectivity index (χ1v) is 22.1. The number of esters is 2. The number of fused-ring (bicyclic) bond motifs is 14. The summed E-state index contributed by atoms with van der Waals surface area (Å²) < 4.78 is 30.0. The Labute approximate surface area is 379 Å². The van der Waals surface area contributed by atoms with E-state index >= 15 is 9.59 Å². The number of carbonyl (C=O) groups excluding carboxylic acids is 6. The molecular formula is C50H60N2O13. The lowest BCUT2D eigenvalue weighted by Gasteiger charge is -2.38. The molecule has 1 amide bonds. The number of likely N-dealkylation sites (tertiary alicyclic amines) is 1. The van der Waals surface area contributed by atoms with Crippen molar-refractivity contribution in [3.05, 3.63) is 105 Å². The molecule has 2 aromatic rings. The summed E-state index contributed by atoms with van der Waals surface area (Å²) >= 11 is 0. The van der Waals surface area contributed by atoms with Gasteiger partial charge in [-0.05, 0) is 58.2 Å². The number of rotatable bonds is 5. The topological polar surface area (TPSA) is 204 Å². The van der Waals surface area contributed by atoms with Crippen LogP contribution < -0.4 is 14.8 Å². The second-order valence-electron chi connectivity index (χ2n) is 17.8. The van der Waals surface area contributed by atoms with E-state index in [1.165, 1.54) is 53.2 Å². The first-order valence-electron chi connectivity index (χ1n) is 22.1. The van der Waals surface area contributed by atoms with Crippen LogP contribution in [-0.2, 0) is 23.8 Å². The van der Waals surface area contributed by atoms with Crippen molar-refractivity contribution in [2.45, 2.75) is 112 Å². The zero-order valence-corrected chi connectivity index (χ0v) is 38.7. The van der Waals surface area contributed by atoms with Crippen molar-refractivity contribution < 1.29 is 62.7 Å². The van der Waals surface area contributed by atoms with E-state index in [0.29, 0.717) is 25.9 Å². The molecule has 4 heterocycles. The van der Waals surface area contributed by atoms with Crippen molar-refractivity contribution in [2.75, 3.05) is 20.2 Å². The molecular weight excluding hydrogens is 837 g/mol. The van der Waals surface area contributed by atoms with Crippen molar-refractivity contribution in [2.24, 2.45) is 23.7 Å². The normalized spacial score (nSPS) is 28.9. The maximum absolute atomic E-state index is 15.2. The van der Waals surface area contributed by atoms with Gasteiger partial charge in [0.2, 0.25) is 11.6 Å². The molecule has 1 saturated heterocycles. The van der Waals surface area contributed by atoms with Gasteiger partial charge in [0.05, 0.1) is 46.8 Å². The molecule has 7 rings (SSSR count). The summed E-state index contributed by atoms with van der Waals surface area (Å²) in [5.74, 6) is -9.77. The lowest BCUT2D eigenvalue weighted by molar-refractivity contribution is -0.160.